The predicted octanol–water partition coefficient (Wildman–Crippen LogP) is 3.69. The van der Waals surface area contributed by atoms with Crippen LogP contribution in [0.25, 0.3) is 0 Å². The van der Waals surface area contributed by atoms with E-state index in [1.807, 2.05) is 12.1 Å². The number of nitrogens with one attached hydrogen (secondary N) is 2. The summed E-state index contributed by atoms with van der Waals surface area (Å²) in [5.41, 5.74) is 2.13. The van der Waals surface area contributed by atoms with Crippen LogP contribution >= 0.6 is 0 Å². The van der Waals surface area contributed by atoms with Gasteiger partial charge in [-0.05, 0) is 55.7 Å². The van der Waals surface area contributed by atoms with E-state index in [4.69, 9.17) is 4.74 Å². The average Bonchev–Trinajstić information content (AvgIpc) is 3.54. The molecule has 3 amide bonds. The van der Waals surface area contributed by atoms with Gasteiger partial charge in [-0.15, -0.1) is 0 Å². The lowest BCUT2D eigenvalue weighted by Gasteiger charge is -2.26. The second-order valence-corrected chi connectivity index (χ2v) is 8.04. The first-order chi connectivity index (χ1) is 16.1. The molecule has 0 aliphatic carbocycles. The first kappa shape index (κ1) is 22.5. The van der Waals surface area contributed by atoms with E-state index in [1.54, 1.807) is 71.6 Å². The second-order valence-electron chi connectivity index (χ2n) is 8.04. The van der Waals surface area contributed by atoms with Crippen LogP contribution in [0.3, 0.4) is 0 Å². The summed E-state index contributed by atoms with van der Waals surface area (Å²) in [6, 6.07) is 12.0. The number of urea groups is 1. The fraction of sp³-hybridized carbons (Fsp3) is 0.333. The third-order valence-corrected chi connectivity index (χ3v) is 5.51. The molecule has 1 aliphatic heterocycles. The summed E-state index contributed by atoms with van der Waals surface area (Å²) < 4.78 is 7.33. The molecule has 1 saturated heterocycles. The lowest BCUT2D eigenvalue weighted by molar-refractivity contribution is -0.119. The molecule has 2 aromatic heterocycles. The maximum Gasteiger partial charge on any atom is 0.322 e. The Labute approximate surface area is 192 Å². The van der Waals surface area contributed by atoms with Crippen molar-refractivity contribution in [1.29, 1.82) is 0 Å². The van der Waals surface area contributed by atoms with Crippen molar-refractivity contribution in [2.75, 3.05) is 23.8 Å². The van der Waals surface area contributed by atoms with E-state index >= 15 is 0 Å². The zero-order valence-corrected chi connectivity index (χ0v) is 18.6. The van der Waals surface area contributed by atoms with E-state index in [1.165, 1.54) is 0 Å². The summed E-state index contributed by atoms with van der Waals surface area (Å²) in [6.07, 6.45) is 8.81. The van der Waals surface area contributed by atoms with Gasteiger partial charge in [0.2, 0.25) is 5.91 Å². The fourth-order valence-corrected chi connectivity index (χ4v) is 3.72. The largest absolute Gasteiger partial charge is 0.376 e. The van der Waals surface area contributed by atoms with Crippen molar-refractivity contribution >= 4 is 23.3 Å². The Kier molecular flexibility index (Phi) is 7.31. The van der Waals surface area contributed by atoms with Gasteiger partial charge in [-0.3, -0.25) is 14.5 Å². The van der Waals surface area contributed by atoms with E-state index in [0.717, 1.165) is 25.0 Å². The van der Waals surface area contributed by atoms with E-state index in [9.17, 15) is 9.59 Å². The van der Waals surface area contributed by atoms with E-state index in [0.29, 0.717) is 24.5 Å². The normalized spacial score (nSPS) is 16.2. The van der Waals surface area contributed by atoms with Crippen molar-refractivity contribution in [2.24, 2.45) is 0 Å². The maximum absolute atomic E-state index is 13.1. The molecule has 1 aliphatic rings. The van der Waals surface area contributed by atoms with Crippen LogP contribution in [0.5, 0.6) is 0 Å². The molecule has 2 N–H and O–H groups in total. The molecule has 33 heavy (non-hydrogen) atoms. The highest BCUT2D eigenvalue weighted by molar-refractivity contribution is 5.95. The van der Waals surface area contributed by atoms with Gasteiger partial charge in [-0.25, -0.2) is 4.79 Å². The topological polar surface area (TPSA) is 101 Å². The number of ether oxygens (including phenoxy) is 1. The van der Waals surface area contributed by atoms with Crippen molar-refractivity contribution in [3.8, 4) is 0 Å². The standard InChI is InChI=1S/C24H28N6O3/c1-18(30-12-5-11-26-30)23(31)27-20-7-2-8-21(14-20)28-24(32)29(17-22-9-4-13-33-22)16-19-6-3-10-25-15-19/h2-3,5-8,10-12,14-15,18,22H,4,9,13,16-17H2,1H3,(H,27,31)(H,28,32). The summed E-state index contributed by atoms with van der Waals surface area (Å²) in [4.78, 5) is 31.6. The zero-order valence-electron chi connectivity index (χ0n) is 18.6. The SMILES string of the molecule is CC(C(=O)Nc1cccc(NC(=O)N(Cc2cccnc2)CC2CCCO2)c1)n1cccn1. The summed E-state index contributed by atoms with van der Waals surface area (Å²) >= 11 is 0. The van der Waals surface area contributed by atoms with Gasteiger partial charge in [0.05, 0.1) is 6.10 Å². The second kappa shape index (κ2) is 10.7. The minimum atomic E-state index is -0.459. The molecule has 0 spiro atoms. The van der Waals surface area contributed by atoms with Crippen LogP contribution in [0.15, 0.2) is 67.3 Å². The highest BCUT2D eigenvalue weighted by Crippen LogP contribution is 2.19. The average molecular weight is 449 g/mol. The quantitative estimate of drug-likeness (QED) is 0.547. The molecule has 9 heteroatoms. The summed E-state index contributed by atoms with van der Waals surface area (Å²) in [6.45, 7) is 3.43. The van der Waals surface area contributed by atoms with Crippen molar-refractivity contribution in [1.82, 2.24) is 19.7 Å². The van der Waals surface area contributed by atoms with Gasteiger partial charge in [-0.2, -0.15) is 5.10 Å². The number of carbonyl (C=O) groups excluding carboxylic acids is 2. The van der Waals surface area contributed by atoms with Gasteiger partial charge in [-0.1, -0.05) is 12.1 Å². The third kappa shape index (κ3) is 6.17. The van der Waals surface area contributed by atoms with Crippen molar-refractivity contribution in [2.45, 2.75) is 38.5 Å². The Bertz CT molecular complexity index is 1050. The summed E-state index contributed by atoms with van der Waals surface area (Å²) in [5.74, 6) is -0.196. The van der Waals surface area contributed by atoms with Gasteiger partial charge in [0.15, 0.2) is 0 Å². The number of amides is 3. The van der Waals surface area contributed by atoms with E-state index in [2.05, 4.69) is 20.7 Å². The molecule has 172 valence electrons. The van der Waals surface area contributed by atoms with Crippen LogP contribution in [-0.2, 0) is 16.1 Å². The lowest BCUT2D eigenvalue weighted by Crippen LogP contribution is -2.39. The van der Waals surface area contributed by atoms with Crippen molar-refractivity contribution in [3.63, 3.8) is 0 Å². The number of hydrogen-bond acceptors (Lipinski definition) is 5. The molecule has 0 bridgehead atoms. The zero-order chi connectivity index (χ0) is 23.0. The molecular weight excluding hydrogens is 420 g/mol. The Hall–Kier alpha value is -3.72. The molecular formula is C24H28N6O3. The molecule has 2 atom stereocenters. The van der Waals surface area contributed by atoms with Crippen molar-refractivity contribution < 1.29 is 14.3 Å². The van der Waals surface area contributed by atoms with Gasteiger partial charge in [0, 0.05) is 55.9 Å². The number of benzene rings is 1. The Morgan fingerprint density at radius 1 is 1.18 bits per heavy atom. The highest BCUT2D eigenvalue weighted by atomic mass is 16.5. The Balaban J connectivity index is 1.42. The van der Waals surface area contributed by atoms with Crippen LogP contribution in [0.4, 0.5) is 16.2 Å². The first-order valence-corrected chi connectivity index (χ1v) is 11.0. The third-order valence-electron chi connectivity index (χ3n) is 5.51. The Morgan fingerprint density at radius 2 is 2.03 bits per heavy atom. The highest BCUT2D eigenvalue weighted by Gasteiger charge is 2.23. The van der Waals surface area contributed by atoms with Crippen LogP contribution < -0.4 is 10.6 Å². The molecule has 1 fully saturated rings. The summed E-state index contributed by atoms with van der Waals surface area (Å²) in [5, 5.41) is 9.94. The number of anilines is 2. The monoisotopic (exact) mass is 448 g/mol. The predicted molar refractivity (Wildman–Crippen MR) is 125 cm³/mol. The smallest absolute Gasteiger partial charge is 0.322 e. The minimum absolute atomic E-state index is 0.0295. The van der Waals surface area contributed by atoms with Gasteiger partial charge in [0.1, 0.15) is 6.04 Å². The molecule has 3 aromatic rings. The fourth-order valence-electron chi connectivity index (χ4n) is 3.72. The van der Waals surface area contributed by atoms with Crippen LogP contribution in [-0.4, -0.2) is 50.9 Å². The van der Waals surface area contributed by atoms with Crippen LogP contribution in [0, 0.1) is 0 Å². The van der Waals surface area contributed by atoms with Crippen LogP contribution in [0.1, 0.15) is 31.4 Å². The summed E-state index contributed by atoms with van der Waals surface area (Å²) in [7, 11) is 0. The number of hydrogen-bond donors (Lipinski definition) is 2. The molecule has 1 aromatic carbocycles. The molecule has 4 rings (SSSR count). The lowest BCUT2D eigenvalue weighted by atomic mass is 10.2. The molecule has 0 radical (unpaired) electrons. The minimum Gasteiger partial charge on any atom is -0.376 e. The molecule has 0 saturated carbocycles. The Morgan fingerprint density at radius 3 is 2.73 bits per heavy atom. The molecule has 2 unspecified atom stereocenters. The maximum atomic E-state index is 13.1. The van der Waals surface area contributed by atoms with E-state index in [-0.39, 0.29) is 18.0 Å². The number of carbonyl (C=O) groups is 2. The van der Waals surface area contributed by atoms with Gasteiger partial charge in [0.25, 0.3) is 0 Å². The van der Waals surface area contributed by atoms with E-state index < -0.39 is 6.04 Å². The molecule has 9 nitrogen and oxygen atoms in total. The first-order valence-electron chi connectivity index (χ1n) is 11.0. The number of rotatable bonds is 8. The molecule has 3 heterocycles. The van der Waals surface area contributed by atoms with Gasteiger partial charge >= 0.3 is 6.03 Å². The number of nitrogens with zero attached hydrogens (tertiary/aromatic N) is 4. The van der Waals surface area contributed by atoms with Gasteiger partial charge < -0.3 is 20.3 Å². The van der Waals surface area contributed by atoms with Crippen molar-refractivity contribution in [3.05, 3.63) is 72.8 Å². The number of aromatic nitrogens is 3. The number of pyridine rings is 1. The van der Waals surface area contributed by atoms with Crippen LogP contribution in [0.2, 0.25) is 0 Å².